The van der Waals surface area contributed by atoms with Crippen LogP contribution >= 0.6 is 12.6 Å². The van der Waals surface area contributed by atoms with E-state index in [9.17, 15) is 4.79 Å². The second-order valence-electron chi connectivity index (χ2n) is 3.64. The first-order valence-corrected chi connectivity index (χ1v) is 6.21. The second kappa shape index (κ2) is 8.97. The van der Waals surface area contributed by atoms with Crippen molar-refractivity contribution >= 4 is 18.6 Å². The molecule has 0 aliphatic rings. The van der Waals surface area contributed by atoms with Crippen molar-refractivity contribution in [3.63, 3.8) is 0 Å². The fourth-order valence-electron chi connectivity index (χ4n) is 1.32. The van der Waals surface area contributed by atoms with Crippen LogP contribution in [0.15, 0.2) is 29.2 Å². The van der Waals surface area contributed by atoms with Crippen molar-refractivity contribution < 1.29 is 19.0 Å². The van der Waals surface area contributed by atoms with Gasteiger partial charge in [-0.3, -0.25) is 0 Å². The first-order valence-electron chi connectivity index (χ1n) is 5.77. The Bertz CT molecular complexity index is 368. The van der Waals surface area contributed by atoms with Crippen LogP contribution in [0.1, 0.15) is 16.8 Å². The lowest BCUT2D eigenvalue weighted by molar-refractivity contribution is 0.0288. The van der Waals surface area contributed by atoms with E-state index in [4.69, 9.17) is 14.2 Å². The maximum absolute atomic E-state index is 11.6. The quantitative estimate of drug-likeness (QED) is 0.447. The predicted octanol–water partition coefficient (Wildman–Crippen LogP) is 2.19. The third kappa shape index (κ3) is 6.05. The number of benzene rings is 1. The Balaban J connectivity index is 2.14. The minimum absolute atomic E-state index is 0.253. The summed E-state index contributed by atoms with van der Waals surface area (Å²) in [5, 5.41) is 0. The van der Waals surface area contributed by atoms with Crippen molar-refractivity contribution in [2.24, 2.45) is 0 Å². The van der Waals surface area contributed by atoms with Crippen molar-refractivity contribution in [2.75, 3.05) is 33.5 Å². The Morgan fingerprint density at radius 3 is 2.78 bits per heavy atom. The number of carbonyl (C=O) groups excluding carboxylic acids is 1. The highest BCUT2D eigenvalue weighted by Gasteiger charge is 2.06. The van der Waals surface area contributed by atoms with Gasteiger partial charge in [0.05, 0.1) is 12.2 Å². The smallest absolute Gasteiger partial charge is 0.338 e. The van der Waals surface area contributed by atoms with E-state index in [1.165, 1.54) is 0 Å². The number of thiol groups is 1. The van der Waals surface area contributed by atoms with E-state index in [2.05, 4.69) is 12.6 Å². The van der Waals surface area contributed by atoms with Crippen LogP contribution in [0.4, 0.5) is 0 Å². The highest BCUT2D eigenvalue weighted by Crippen LogP contribution is 2.09. The number of esters is 1. The fraction of sp³-hybridized carbons (Fsp3) is 0.462. The normalized spacial score (nSPS) is 10.3. The SMILES string of the molecule is COCCCOCCOC(=O)c1cccc(S)c1. The molecule has 0 N–H and O–H groups in total. The third-order valence-electron chi connectivity index (χ3n) is 2.18. The van der Waals surface area contributed by atoms with Gasteiger partial charge in [-0.2, -0.15) is 0 Å². The fourth-order valence-corrected chi connectivity index (χ4v) is 1.54. The molecule has 0 unspecified atom stereocenters. The zero-order valence-corrected chi connectivity index (χ0v) is 11.3. The first kappa shape index (κ1) is 15.0. The summed E-state index contributed by atoms with van der Waals surface area (Å²) in [6.07, 6.45) is 0.839. The van der Waals surface area contributed by atoms with Crippen molar-refractivity contribution in [3.8, 4) is 0 Å². The van der Waals surface area contributed by atoms with Gasteiger partial charge in [0.25, 0.3) is 0 Å². The molecule has 0 heterocycles. The zero-order chi connectivity index (χ0) is 13.2. The lowest BCUT2D eigenvalue weighted by Crippen LogP contribution is -2.11. The molecule has 0 radical (unpaired) electrons. The minimum atomic E-state index is -0.355. The molecule has 1 aromatic carbocycles. The van der Waals surface area contributed by atoms with E-state index in [0.29, 0.717) is 25.4 Å². The minimum Gasteiger partial charge on any atom is -0.460 e. The number of ether oxygens (including phenoxy) is 3. The standard InChI is InChI=1S/C13H18O4S/c1-15-6-3-7-16-8-9-17-13(14)11-4-2-5-12(18)10-11/h2,4-5,10,18H,3,6-9H2,1H3. The molecule has 100 valence electrons. The lowest BCUT2D eigenvalue weighted by Gasteiger charge is -2.06. The van der Waals surface area contributed by atoms with E-state index in [0.717, 1.165) is 11.3 Å². The van der Waals surface area contributed by atoms with Crippen LogP contribution < -0.4 is 0 Å². The van der Waals surface area contributed by atoms with E-state index in [1.54, 1.807) is 31.4 Å². The number of hydrogen-bond donors (Lipinski definition) is 1. The summed E-state index contributed by atoms with van der Waals surface area (Å²) in [5.41, 5.74) is 0.502. The van der Waals surface area contributed by atoms with Gasteiger partial charge in [0.1, 0.15) is 6.61 Å². The van der Waals surface area contributed by atoms with Crippen LogP contribution in [0.5, 0.6) is 0 Å². The molecule has 4 nitrogen and oxygen atoms in total. The van der Waals surface area contributed by atoms with Crippen LogP contribution in [-0.4, -0.2) is 39.5 Å². The van der Waals surface area contributed by atoms with E-state index in [1.807, 2.05) is 0 Å². The topological polar surface area (TPSA) is 44.8 Å². The zero-order valence-electron chi connectivity index (χ0n) is 10.4. The van der Waals surface area contributed by atoms with E-state index < -0.39 is 0 Å². The van der Waals surface area contributed by atoms with Gasteiger partial charge in [-0.05, 0) is 24.6 Å². The molecule has 0 fully saturated rings. The van der Waals surface area contributed by atoms with Gasteiger partial charge >= 0.3 is 5.97 Å². The van der Waals surface area contributed by atoms with Gasteiger partial charge in [0.2, 0.25) is 0 Å². The molecule has 5 heteroatoms. The van der Waals surface area contributed by atoms with Crippen molar-refractivity contribution in [1.82, 2.24) is 0 Å². The average molecular weight is 270 g/mol. The van der Waals surface area contributed by atoms with Gasteiger partial charge in [0, 0.05) is 25.2 Å². The molecule has 0 aliphatic heterocycles. The Morgan fingerprint density at radius 2 is 2.06 bits per heavy atom. The lowest BCUT2D eigenvalue weighted by atomic mass is 10.2. The summed E-state index contributed by atoms with van der Waals surface area (Å²) >= 11 is 4.16. The molecule has 0 amide bonds. The highest BCUT2D eigenvalue weighted by atomic mass is 32.1. The number of carbonyl (C=O) groups is 1. The van der Waals surface area contributed by atoms with Gasteiger partial charge in [-0.1, -0.05) is 6.07 Å². The maximum Gasteiger partial charge on any atom is 0.338 e. The average Bonchev–Trinajstić information content (AvgIpc) is 2.37. The number of rotatable bonds is 8. The molecule has 1 rings (SSSR count). The Hall–Kier alpha value is -1.04. The van der Waals surface area contributed by atoms with Crippen LogP contribution in [0.25, 0.3) is 0 Å². The van der Waals surface area contributed by atoms with Crippen LogP contribution in [0.2, 0.25) is 0 Å². The van der Waals surface area contributed by atoms with Crippen molar-refractivity contribution in [3.05, 3.63) is 29.8 Å². The highest BCUT2D eigenvalue weighted by molar-refractivity contribution is 7.80. The van der Waals surface area contributed by atoms with Gasteiger partial charge in [0.15, 0.2) is 0 Å². The monoisotopic (exact) mass is 270 g/mol. The molecule has 0 atom stereocenters. The summed E-state index contributed by atoms with van der Waals surface area (Å²) in [5.74, 6) is -0.355. The van der Waals surface area contributed by atoms with E-state index >= 15 is 0 Å². The molecule has 0 bridgehead atoms. The summed E-state index contributed by atoms with van der Waals surface area (Å²) in [6.45, 7) is 1.94. The summed E-state index contributed by atoms with van der Waals surface area (Å²) in [6, 6.07) is 6.94. The Morgan fingerprint density at radius 1 is 1.22 bits per heavy atom. The summed E-state index contributed by atoms with van der Waals surface area (Å²) in [7, 11) is 1.65. The molecule has 0 saturated carbocycles. The van der Waals surface area contributed by atoms with E-state index in [-0.39, 0.29) is 12.6 Å². The van der Waals surface area contributed by atoms with Gasteiger partial charge in [-0.15, -0.1) is 12.6 Å². The van der Waals surface area contributed by atoms with Crippen molar-refractivity contribution in [1.29, 1.82) is 0 Å². The van der Waals surface area contributed by atoms with Crippen LogP contribution in [0, 0.1) is 0 Å². The molecule has 1 aromatic rings. The molecule has 0 aliphatic carbocycles. The molecule has 18 heavy (non-hydrogen) atoms. The van der Waals surface area contributed by atoms with Crippen LogP contribution in [0.3, 0.4) is 0 Å². The molecule has 0 spiro atoms. The second-order valence-corrected chi connectivity index (χ2v) is 4.16. The van der Waals surface area contributed by atoms with Crippen molar-refractivity contribution in [2.45, 2.75) is 11.3 Å². The Kier molecular flexibility index (Phi) is 7.48. The summed E-state index contributed by atoms with van der Waals surface area (Å²) < 4.78 is 15.2. The number of methoxy groups -OCH3 is 1. The largest absolute Gasteiger partial charge is 0.460 e. The molecular weight excluding hydrogens is 252 g/mol. The maximum atomic E-state index is 11.6. The Labute approximate surface area is 113 Å². The van der Waals surface area contributed by atoms with Gasteiger partial charge < -0.3 is 14.2 Å². The predicted molar refractivity (Wildman–Crippen MR) is 71.3 cm³/mol. The first-order chi connectivity index (χ1) is 8.74. The number of hydrogen-bond acceptors (Lipinski definition) is 5. The third-order valence-corrected chi connectivity index (χ3v) is 2.46. The molecule has 0 aromatic heterocycles. The van der Waals surface area contributed by atoms with Crippen LogP contribution in [-0.2, 0) is 14.2 Å². The molecular formula is C13H18O4S. The summed E-state index contributed by atoms with van der Waals surface area (Å²) in [4.78, 5) is 12.3. The molecule has 0 saturated heterocycles. The van der Waals surface area contributed by atoms with Gasteiger partial charge in [-0.25, -0.2) is 4.79 Å².